The molecule has 2 rings (SSSR count). The molecule has 12 heteroatoms. The third-order valence-electron chi connectivity index (χ3n) is 6.34. The maximum atomic E-state index is 13.2. The van der Waals surface area contributed by atoms with E-state index in [4.69, 9.17) is 11.5 Å². The van der Waals surface area contributed by atoms with E-state index < -0.39 is 53.8 Å². The van der Waals surface area contributed by atoms with Crippen molar-refractivity contribution in [2.24, 2.45) is 23.3 Å². The first-order chi connectivity index (χ1) is 18.3. The number of carboxylic acids is 1. The van der Waals surface area contributed by atoms with Crippen molar-refractivity contribution in [3.05, 3.63) is 36.0 Å². The second kappa shape index (κ2) is 14.3. The van der Waals surface area contributed by atoms with Gasteiger partial charge in [0.05, 0.1) is 6.04 Å². The van der Waals surface area contributed by atoms with Crippen LogP contribution < -0.4 is 27.4 Å². The fourth-order valence-corrected chi connectivity index (χ4v) is 4.18. The van der Waals surface area contributed by atoms with Crippen LogP contribution in [0.2, 0.25) is 0 Å². The minimum absolute atomic E-state index is 0.0155. The van der Waals surface area contributed by atoms with Gasteiger partial charge in [-0.1, -0.05) is 45.9 Å². The number of H-pyrrole nitrogens is 1. The molecule has 4 amide bonds. The molecule has 214 valence electrons. The van der Waals surface area contributed by atoms with Crippen molar-refractivity contribution >= 4 is 40.5 Å². The lowest BCUT2D eigenvalue weighted by Crippen LogP contribution is -2.58. The molecule has 1 aromatic heterocycles. The standard InChI is InChI=1S/C27H40N6O6/c1-14(2)11-20(31-24(35)18(28)9-10-22(29)34)25(36)33-23(15(3)4)26(37)32-21(27(38)39)12-16-13-30-19-8-6-5-7-17(16)19/h5-8,13-15,18,20-21,23,30H,9-12,28H2,1-4H3,(H2,29,34)(H,31,35)(H,32,37)(H,33,36)(H,38,39). The summed E-state index contributed by atoms with van der Waals surface area (Å²) in [5, 5.41) is 18.5. The van der Waals surface area contributed by atoms with Crippen LogP contribution in [0.5, 0.6) is 0 Å². The number of amides is 4. The Morgan fingerprint density at radius 1 is 0.923 bits per heavy atom. The largest absolute Gasteiger partial charge is 0.480 e. The van der Waals surface area contributed by atoms with E-state index in [1.165, 1.54) is 0 Å². The molecule has 0 fully saturated rings. The first-order valence-electron chi connectivity index (χ1n) is 13.0. The summed E-state index contributed by atoms with van der Waals surface area (Å²) in [7, 11) is 0. The van der Waals surface area contributed by atoms with Gasteiger partial charge in [0.15, 0.2) is 0 Å². The van der Waals surface area contributed by atoms with Gasteiger partial charge in [0, 0.05) is 29.9 Å². The summed E-state index contributed by atoms with van der Waals surface area (Å²) in [5.74, 6) is -4.05. The average Bonchev–Trinajstić information content (AvgIpc) is 3.26. The fraction of sp³-hybridized carbons (Fsp3) is 0.519. The van der Waals surface area contributed by atoms with Crippen molar-refractivity contribution in [1.82, 2.24) is 20.9 Å². The molecule has 1 heterocycles. The lowest BCUT2D eigenvalue weighted by Gasteiger charge is -2.27. The molecule has 4 unspecified atom stereocenters. The molecule has 12 nitrogen and oxygen atoms in total. The molecule has 0 spiro atoms. The number of aliphatic carboxylic acids is 1. The number of carbonyl (C=O) groups excluding carboxylic acids is 4. The Labute approximate surface area is 227 Å². The normalized spacial score (nSPS) is 14.4. The van der Waals surface area contributed by atoms with Gasteiger partial charge >= 0.3 is 5.97 Å². The third-order valence-corrected chi connectivity index (χ3v) is 6.34. The van der Waals surface area contributed by atoms with E-state index in [0.29, 0.717) is 0 Å². The van der Waals surface area contributed by atoms with Gasteiger partial charge in [-0.25, -0.2) is 4.79 Å². The molecule has 0 saturated heterocycles. The zero-order valence-corrected chi connectivity index (χ0v) is 22.8. The van der Waals surface area contributed by atoms with Gasteiger partial charge in [0.1, 0.15) is 18.1 Å². The van der Waals surface area contributed by atoms with E-state index in [9.17, 15) is 29.1 Å². The second-order valence-electron chi connectivity index (χ2n) is 10.5. The van der Waals surface area contributed by atoms with Crippen LogP contribution in [0.3, 0.4) is 0 Å². The summed E-state index contributed by atoms with van der Waals surface area (Å²) in [6.45, 7) is 7.17. The number of benzene rings is 1. The molecule has 0 aliphatic heterocycles. The number of primary amides is 1. The number of carbonyl (C=O) groups is 5. The first kappa shape index (κ1) is 31.3. The highest BCUT2D eigenvalue weighted by atomic mass is 16.4. The number of hydrogen-bond acceptors (Lipinski definition) is 6. The van der Waals surface area contributed by atoms with Gasteiger partial charge in [-0.05, 0) is 36.3 Å². The topological polar surface area (TPSA) is 209 Å². The number of nitrogens with one attached hydrogen (secondary N) is 4. The number of rotatable bonds is 15. The fourth-order valence-electron chi connectivity index (χ4n) is 4.18. The van der Waals surface area contributed by atoms with Crippen LogP contribution in [-0.2, 0) is 30.4 Å². The summed E-state index contributed by atoms with van der Waals surface area (Å²) in [6.07, 6.45) is 1.97. The van der Waals surface area contributed by atoms with Crippen LogP contribution in [0.25, 0.3) is 10.9 Å². The van der Waals surface area contributed by atoms with E-state index in [1.54, 1.807) is 20.0 Å². The van der Waals surface area contributed by atoms with Crippen LogP contribution in [0.15, 0.2) is 30.5 Å². The van der Waals surface area contributed by atoms with Crippen molar-refractivity contribution in [1.29, 1.82) is 0 Å². The van der Waals surface area contributed by atoms with Crippen LogP contribution >= 0.6 is 0 Å². The number of aromatic nitrogens is 1. The Hall–Kier alpha value is -3.93. The molecular weight excluding hydrogens is 504 g/mol. The quantitative estimate of drug-likeness (QED) is 0.169. The molecule has 0 bridgehead atoms. The summed E-state index contributed by atoms with van der Waals surface area (Å²) in [4.78, 5) is 65.1. The van der Waals surface area contributed by atoms with Gasteiger partial charge in [-0.3, -0.25) is 19.2 Å². The Morgan fingerprint density at radius 2 is 1.56 bits per heavy atom. The Bertz CT molecular complexity index is 1180. The van der Waals surface area contributed by atoms with E-state index >= 15 is 0 Å². The highest BCUT2D eigenvalue weighted by Crippen LogP contribution is 2.19. The molecule has 39 heavy (non-hydrogen) atoms. The number of carboxylic acid groups (broad SMARTS) is 1. The minimum atomic E-state index is -1.23. The van der Waals surface area contributed by atoms with Crippen molar-refractivity contribution in [3.63, 3.8) is 0 Å². The zero-order chi connectivity index (χ0) is 29.3. The van der Waals surface area contributed by atoms with E-state index in [0.717, 1.165) is 16.5 Å². The number of para-hydroxylation sites is 1. The van der Waals surface area contributed by atoms with E-state index in [1.807, 2.05) is 38.1 Å². The molecule has 9 N–H and O–H groups in total. The van der Waals surface area contributed by atoms with Crippen LogP contribution in [0.4, 0.5) is 0 Å². The SMILES string of the molecule is CC(C)CC(NC(=O)C(N)CCC(N)=O)C(=O)NC(C(=O)NC(Cc1c[nH]c2ccccc12)C(=O)O)C(C)C. The van der Waals surface area contributed by atoms with Gasteiger partial charge in [0.25, 0.3) is 0 Å². The third kappa shape index (κ3) is 9.40. The maximum absolute atomic E-state index is 13.2. The Balaban J connectivity index is 2.13. The zero-order valence-electron chi connectivity index (χ0n) is 22.8. The van der Waals surface area contributed by atoms with E-state index in [2.05, 4.69) is 20.9 Å². The molecule has 4 atom stereocenters. The highest BCUT2D eigenvalue weighted by Gasteiger charge is 2.32. The van der Waals surface area contributed by atoms with Crippen molar-refractivity contribution in [3.8, 4) is 0 Å². The molecule has 0 radical (unpaired) electrons. The van der Waals surface area contributed by atoms with E-state index in [-0.39, 0.29) is 37.5 Å². The summed E-state index contributed by atoms with van der Waals surface area (Å²) >= 11 is 0. The maximum Gasteiger partial charge on any atom is 0.326 e. The minimum Gasteiger partial charge on any atom is -0.480 e. The second-order valence-corrected chi connectivity index (χ2v) is 10.5. The number of fused-ring (bicyclic) bond motifs is 1. The highest BCUT2D eigenvalue weighted by molar-refractivity contribution is 5.94. The summed E-state index contributed by atoms with van der Waals surface area (Å²) < 4.78 is 0. The van der Waals surface area contributed by atoms with Gasteiger partial charge in [-0.15, -0.1) is 0 Å². The molecule has 0 aliphatic rings. The summed E-state index contributed by atoms with van der Waals surface area (Å²) in [5.41, 5.74) is 12.5. The smallest absolute Gasteiger partial charge is 0.326 e. The lowest BCUT2D eigenvalue weighted by molar-refractivity contribution is -0.142. The van der Waals surface area contributed by atoms with Crippen LogP contribution in [-0.4, -0.2) is 63.9 Å². The van der Waals surface area contributed by atoms with Crippen LogP contribution in [0, 0.1) is 11.8 Å². The molecule has 0 saturated carbocycles. The number of hydrogen-bond donors (Lipinski definition) is 7. The first-order valence-corrected chi connectivity index (χ1v) is 13.0. The van der Waals surface area contributed by atoms with Gasteiger partial charge < -0.3 is 37.5 Å². The van der Waals surface area contributed by atoms with Gasteiger partial charge in [0.2, 0.25) is 23.6 Å². The summed E-state index contributed by atoms with van der Waals surface area (Å²) in [6, 6.07) is 3.12. The number of aromatic amines is 1. The predicted molar refractivity (Wildman–Crippen MR) is 146 cm³/mol. The molecule has 1 aromatic carbocycles. The van der Waals surface area contributed by atoms with Crippen molar-refractivity contribution in [2.45, 2.75) is 77.5 Å². The predicted octanol–water partition coefficient (Wildman–Crippen LogP) is 0.544. The molecular formula is C27H40N6O6. The Morgan fingerprint density at radius 3 is 2.15 bits per heavy atom. The monoisotopic (exact) mass is 544 g/mol. The average molecular weight is 545 g/mol. The van der Waals surface area contributed by atoms with Crippen molar-refractivity contribution < 1.29 is 29.1 Å². The Kier molecular flexibility index (Phi) is 11.5. The number of nitrogens with two attached hydrogens (primary N) is 2. The molecule has 0 aliphatic carbocycles. The van der Waals surface area contributed by atoms with Crippen LogP contribution in [0.1, 0.15) is 52.5 Å². The van der Waals surface area contributed by atoms with Gasteiger partial charge in [-0.2, -0.15) is 0 Å². The van der Waals surface area contributed by atoms with Crippen molar-refractivity contribution in [2.75, 3.05) is 0 Å². The lowest BCUT2D eigenvalue weighted by atomic mass is 9.98. The molecule has 2 aromatic rings.